The molecule has 2 saturated heterocycles. The fraction of sp³-hybridized carbons (Fsp3) is 0.355. The van der Waals surface area contributed by atoms with Crippen LogP contribution in [0.3, 0.4) is 0 Å². The number of benzene rings is 2. The summed E-state index contributed by atoms with van der Waals surface area (Å²) in [5, 5.41) is 6.50. The Balaban J connectivity index is 1.17. The molecule has 210 valence electrons. The Morgan fingerprint density at radius 3 is 2.54 bits per heavy atom. The first-order valence-corrected chi connectivity index (χ1v) is 14.1. The topological polar surface area (TPSA) is 100 Å². The zero-order chi connectivity index (χ0) is 28.1. The van der Waals surface area contributed by atoms with Crippen molar-refractivity contribution in [2.45, 2.75) is 32.6 Å². The van der Waals surface area contributed by atoms with E-state index >= 15 is 0 Å². The highest BCUT2D eigenvalue weighted by molar-refractivity contribution is 5.94. The van der Waals surface area contributed by atoms with Crippen molar-refractivity contribution in [1.82, 2.24) is 34.6 Å². The number of nitrogens with zero attached hydrogens (tertiary/aromatic N) is 6. The third-order valence-electron chi connectivity index (χ3n) is 8.59. The second kappa shape index (κ2) is 9.97. The van der Waals surface area contributed by atoms with Crippen molar-refractivity contribution < 1.29 is 4.79 Å². The molecular weight excluding hydrogens is 516 g/mol. The minimum atomic E-state index is -0.285. The van der Waals surface area contributed by atoms with Crippen LogP contribution in [0, 0.1) is 5.41 Å². The fourth-order valence-electron chi connectivity index (χ4n) is 6.73. The maximum Gasteiger partial charge on any atom is 0.333 e. The summed E-state index contributed by atoms with van der Waals surface area (Å²) >= 11 is 0. The Kier molecular flexibility index (Phi) is 6.24. The van der Waals surface area contributed by atoms with E-state index in [4.69, 9.17) is 0 Å². The monoisotopic (exact) mass is 550 g/mol. The predicted octanol–water partition coefficient (Wildman–Crippen LogP) is 2.27. The average Bonchev–Trinajstić information content (AvgIpc) is 3.25. The number of hydrogen-bond donors (Lipinski definition) is 2. The zero-order valence-corrected chi connectivity index (χ0v) is 23.4. The van der Waals surface area contributed by atoms with Gasteiger partial charge in [-0.15, -0.1) is 0 Å². The molecule has 1 unspecified atom stereocenters. The lowest BCUT2D eigenvalue weighted by Gasteiger charge is -2.60. The van der Waals surface area contributed by atoms with Crippen molar-refractivity contribution >= 4 is 11.6 Å². The van der Waals surface area contributed by atoms with Crippen molar-refractivity contribution in [2.75, 3.05) is 38.1 Å². The molecule has 3 aliphatic heterocycles. The van der Waals surface area contributed by atoms with Gasteiger partial charge in [0.25, 0.3) is 5.91 Å². The molecule has 1 amide bonds. The number of carbonyl (C=O) groups is 1. The van der Waals surface area contributed by atoms with E-state index in [2.05, 4.69) is 49.6 Å². The van der Waals surface area contributed by atoms with Crippen LogP contribution < -0.4 is 21.2 Å². The molecule has 1 atom stereocenters. The number of imidazole rings is 1. The van der Waals surface area contributed by atoms with E-state index < -0.39 is 0 Å². The van der Waals surface area contributed by atoms with Gasteiger partial charge in [-0.05, 0) is 49.9 Å². The summed E-state index contributed by atoms with van der Waals surface area (Å²) in [5.74, 6) is -0.285. The summed E-state index contributed by atoms with van der Waals surface area (Å²) in [5.41, 5.74) is 5.83. The average molecular weight is 551 g/mol. The molecule has 2 fully saturated rings. The standard InChI is InChI=1S/C31H34N8O2/c1-21-15-38-27(14-33-21)28(29(40)34-13-22-5-3-4-6-25(22)26-11-12-32-20-35-26)39(30(38)41)24-9-7-23(8-10-24)37-18-31(19-37)16-36(2)17-31/h3-12,20-21,33H,13-19H2,1-2H3,(H,34,40). The van der Waals surface area contributed by atoms with Gasteiger partial charge < -0.3 is 20.4 Å². The number of hydrogen-bond acceptors (Lipinski definition) is 7. The minimum absolute atomic E-state index is 0.137. The first kappa shape index (κ1) is 25.7. The third kappa shape index (κ3) is 4.53. The smallest absolute Gasteiger partial charge is 0.333 e. The maximum absolute atomic E-state index is 13.8. The summed E-state index contributed by atoms with van der Waals surface area (Å²) in [6, 6.07) is 17.9. The van der Waals surface area contributed by atoms with E-state index in [0.717, 1.165) is 48.7 Å². The number of carbonyl (C=O) groups excluding carboxylic acids is 1. The van der Waals surface area contributed by atoms with E-state index in [1.54, 1.807) is 15.3 Å². The van der Waals surface area contributed by atoms with Crippen LogP contribution in [0.1, 0.15) is 28.7 Å². The second-order valence-corrected chi connectivity index (χ2v) is 11.8. The fourth-order valence-corrected chi connectivity index (χ4v) is 6.73. The molecule has 0 aliphatic carbocycles. The first-order chi connectivity index (χ1) is 19.9. The largest absolute Gasteiger partial charge is 0.370 e. The molecule has 41 heavy (non-hydrogen) atoms. The Hall–Kier alpha value is -4.28. The van der Waals surface area contributed by atoms with Crippen LogP contribution in [0.4, 0.5) is 5.69 Å². The van der Waals surface area contributed by atoms with Gasteiger partial charge in [-0.2, -0.15) is 0 Å². The van der Waals surface area contributed by atoms with E-state index in [0.29, 0.717) is 42.1 Å². The lowest BCUT2D eigenvalue weighted by Crippen LogP contribution is -2.71. The van der Waals surface area contributed by atoms with E-state index in [9.17, 15) is 9.59 Å². The van der Waals surface area contributed by atoms with E-state index in [1.165, 1.54) is 6.33 Å². The predicted molar refractivity (Wildman–Crippen MR) is 157 cm³/mol. The molecule has 5 heterocycles. The normalized spacial score (nSPS) is 19.4. The van der Waals surface area contributed by atoms with E-state index in [1.807, 2.05) is 49.4 Å². The Morgan fingerprint density at radius 1 is 1.05 bits per heavy atom. The highest BCUT2D eigenvalue weighted by Crippen LogP contribution is 2.41. The number of rotatable bonds is 6. The van der Waals surface area contributed by atoms with Gasteiger partial charge >= 0.3 is 5.69 Å². The first-order valence-electron chi connectivity index (χ1n) is 14.1. The molecule has 7 rings (SSSR count). The van der Waals surface area contributed by atoms with Crippen LogP contribution in [-0.2, 0) is 19.6 Å². The Bertz CT molecular complexity index is 1650. The van der Waals surface area contributed by atoms with Gasteiger partial charge in [-0.3, -0.25) is 13.9 Å². The molecule has 10 heteroatoms. The van der Waals surface area contributed by atoms with Gasteiger partial charge in [-0.1, -0.05) is 24.3 Å². The molecule has 4 aromatic rings. The third-order valence-corrected chi connectivity index (χ3v) is 8.59. The summed E-state index contributed by atoms with van der Waals surface area (Å²) in [6.45, 7) is 7.74. The zero-order valence-electron chi connectivity index (χ0n) is 23.4. The molecule has 1 spiro atoms. The Labute approximate surface area is 238 Å². The van der Waals surface area contributed by atoms with Gasteiger partial charge in [0, 0.05) is 74.7 Å². The number of amides is 1. The van der Waals surface area contributed by atoms with Gasteiger partial charge in [0.1, 0.15) is 12.0 Å². The van der Waals surface area contributed by atoms with Crippen LogP contribution in [0.15, 0.2) is 71.9 Å². The SMILES string of the molecule is CC1Cn2c(c(C(=O)NCc3ccccc3-c3ccncn3)n(-c3ccc(N4CC5(CN(C)C5)C4)cc3)c2=O)CN1. The molecule has 0 saturated carbocycles. The molecule has 2 N–H and O–H groups in total. The van der Waals surface area contributed by atoms with Crippen molar-refractivity contribution in [3.05, 3.63) is 94.6 Å². The molecule has 10 nitrogen and oxygen atoms in total. The number of likely N-dealkylation sites (tertiary alicyclic amines) is 1. The lowest BCUT2D eigenvalue weighted by molar-refractivity contribution is -0.00238. The van der Waals surface area contributed by atoms with Crippen molar-refractivity contribution in [3.8, 4) is 16.9 Å². The van der Waals surface area contributed by atoms with Crippen LogP contribution in [-0.4, -0.2) is 69.2 Å². The van der Waals surface area contributed by atoms with Gasteiger partial charge in [0.2, 0.25) is 0 Å². The summed E-state index contributed by atoms with van der Waals surface area (Å²) in [6.07, 6.45) is 3.22. The van der Waals surface area contributed by atoms with Crippen molar-refractivity contribution in [2.24, 2.45) is 5.41 Å². The quantitative estimate of drug-likeness (QED) is 0.380. The van der Waals surface area contributed by atoms with Crippen molar-refractivity contribution in [3.63, 3.8) is 0 Å². The van der Waals surface area contributed by atoms with Gasteiger partial charge in [0.15, 0.2) is 0 Å². The molecular formula is C31H34N8O2. The molecule has 0 radical (unpaired) electrons. The number of nitrogens with one attached hydrogen (secondary N) is 2. The van der Waals surface area contributed by atoms with Gasteiger partial charge in [0.05, 0.1) is 17.1 Å². The lowest BCUT2D eigenvalue weighted by atomic mass is 9.73. The number of anilines is 1. The van der Waals surface area contributed by atoms with Gasteiger partial charge in [-0.25, -0.2) is 14.8 Å². The summed E-state index contributed by atoms with van der Waals surface area (Å²) < 4.78 is 3.31. The minimum Gasteiger partial charge on any atom is -0.370 e. The molecule has 2 aromatic carbocycles. The molecule has 0 bridgehead atoms. The summed E-state index contributed by atoms with van der Waals surface area (Å²) in [7, 11) is 2.17. The number of aromatic nitrogens is 4. The molecule has 2 aromatic heterocycles. The maximum atomic E-state index is 13.8. The van der Waals surface area contributed by atoms with Crippen LogP contribution in [0.2, 0.25) is 0 Å². The van der Waals surface area contributed by atoms with Crippen LogP contribution in [0.25, 0.3) is 16.9 Å². The highest BCUT2D eigenvalue weighted by atomic mass is 16.2. The van der Waals surface area contributed by atoms with E-state index in [-0.39, 0.29) is 17.6 Å². The second-order valence-electron chi connectivity index (χ2n) is 11.8. The van der Waals surface area contributed by atoms with Crippen molar-refractivity contribution in [1.29, 1.82) is 0 Å². The number of fused-ring (bicyclic) bond motifs is 1. The summed E-state index contributed by atoms with van der Waals surface area (Å²) in [4.78, 5) is 40.7. The Morgan fingerprint density at radius 2 is 1.80 bits per heavy atom. The highest BCUT2D eigenvalue weighted by Gasteiger charge is 2.50. The molecule has 3 aliphatic rings. The van der Waals surface area contributed by atoms with Crippen LogP contribution >= 0.6 is 0 Å². The van der Waals surface area contributed by atoms with Crippen LogP contribution in [0.5, 0.6) is 0 Å².